The third kappa shape index (κ3) is 7.55. The van der Waals surface area contributed by atoms with Crippen molar-refractivity contribution in [3.05, 3.63) is 77.1 Å². The fourth-order valence-electron chi connectivity index (χ4n) is 3.68. The van der Waals surface area contributed by atoms with Gasteiger partial charge in [-0.3, -0.25) is 9.59 Å². The SMILES string of the molecule is CCC(C(=O)Nc1ccc(OC)cc1)N(Cc1ccc(C)cc1)C(=O)CSc1nc(C)cc(C)n1. The molecule has 2 amide bonds. The molecular formula is C27H32N4O3S. The molecule has 3 aromatic rings. The molecule has 8 heteroatoms. The van der Waals surface area contributed by atoms with E-state index in [0.717, 1.165) is 22.5 Å². The van der Waals surface area contributed by atoms with Crippen molar-refractivity contribution in [2.75, 3.05) is 18.2 Å². The second kappa shape index (κ2) is 12.4. The smallest absolute Gasteiger partial charge is 0.247 e. The number of amides is 2. The lowest BCUT2D eigenvalue weighted by Gasteiger charge is -2.30. The van der Waals surface area contributed by atoms with Crippen molar-refractivity contribution in [2.45, 2.75) is 51.9 Å². The van der Waals surface area contributed by atoms with Gasteiger partial charge in [0.2, 0.25) is 11.8 Å². The molecule has 2 aromatic carbocycles. The van der Waals surface area contributed by atoms with Crippen LogP contribution in [-0.2, 0) is 16.1 Å². The van der Waals surface area contributed by atoms with E-state index < -0.39 is 6.04 Å². The first-order valence-corrected chi connectivity index (χ1v) is 12.5. The molecule has 0 aliphatic carbocycles. The lowest BCUT2D eigenvalue weighted by Crippen LogP contribution is -2.47. The summed E-state index contributed by atoms with van der Waals surface area (Å²) >= 11 is 1.29. The number of aromatic nitrogens is 2. The van der Waals surface area contributed by atoms with E-state index in [1.54, 1.807) is 36.3 Å². The number of aryl methyl sites for hydroxylation is 3. The van der Waals surface area contributed by atoms with Crippen LogP contribution in [0.15, 0.2) is 59.8 Å². The van der Waals surface area contributed by atoms with Crippen molar-refractivity contribution < 1.29 is 14.3 Å². The Morgan fingerprint density at radius 1 is 1.00 bits per heavy atom. The number of benzene rings is 2. The molecule has 1 unspecified atom stereocenters. The Labute approximate surface area is 211 Å². The third-order valence-electron chi connectivity index (χ3n) is 5.50. The van der Waals surface area contributed by atoms with E-state index in [-0.39, 0.29) is 17.6 Å². The molecule has 184 valence electrons. The Hall–Kier alpha value is -3.39. The average molecular weight is 493 g/mol. The quantitative estimate of drug-likeness (QED) is 0.318. The Balaban J connectivity index is 1.80. The summed E-state index contributed by atoms with van der Waals surface area (Å²) in [5, 5.41) is 3.50. The van der Waals surface area contributed by atoms with Crippen LogP contribution in [0.2, 0.25) is 0 Å². The summed E-state index contributed by atoms with van der Waals surface area (Å²) in [5.41, 5.74) is 4.46. The highest BCUT2D eigenvalue weighted by Crippen LogP contribution is 2.21. The normalized spacial score (nSPS) is 11.6. The number of hydrogen-bond donors (Lipinski definition) is 1. The Morgan fingerprint density at radius 3 is 2.20 bits per heavy atom. The summed E-state index contributed by atoms with van der Waals surface area (Å²) in [6.45, 7) is 8.07. The van der Waals surface area contributed by atoms with Crippen LogP contribution in [0.5, 0.6) is 5.75 Å². The van der Waals surface area contributed by atoms with Crippen molar-refractivity contribution >= 4 is 29.3 Å². The minimum Gasteiger partial charge on any atom is -0.497 e. The van der Waals surface area contributed by atoms with Gasteiger partial charge < -0.3 is 15.0 Å². The van der Waals surface area contributed by atoms with E-state index in [4.69, 9.17) is 4.74 Å². The molecule has 1 N–H and O–H groups in total. The number of carbonyl (C=O) groups is 2. The minimum atomic E-state index is -0.633. The van der Waals surface area contributed by atoms with Gasteiger partial charge in [-0.15, -0.1) is 0 Å². The van der Waals surface area contributed by atoms with Gasteiger partial charge in [0.25, 0.3) is 0 Å². The molecule has 0 fully saturated rings. The molecule has 0 aliphatic heterocycles. The number of carbonyl (C=O) groups excluding carboxylic acids is 2. The molecule has 7 nitrogen and oxygen atoms in total. The zero-order valence-electron chi connectivity index (χ0n) is 20.9. The zero-order valence-corrected chi connectivity index (χ0v) is 21.7. The number of nitrogens with one attached hydrogen (secondary N) is 1. The van der Waals surface area contributed by atoms with Crippen LogP contribution in [0, 0.1) is 20.8 Å². The van der Waals surface area contributed by atoms with Gasteiger partial charge in [0, 0.05) is 23.6 Å². The van der Waals surface area contributed by atoms with Crippen LogP contribution in [0.4, 0.5) is 5.69 Å². The van der Waals surface area contributed by atoms with Crippen LogP contribution in [-0.4, -0.2) is 45.6 Å². The molecule has 0 saturated carbocycles. The van der Waals surface area contributed by atoms with E-state index >= 15 is 0 Å². The number of anilines is 1. The molecule has 0 aliphatic rings. The Morgan fingerprint density at radius 2 is 1.63 bits per heavy atom. The lowest BCUT2D eigenvalue weighted by molar-refractivity contribution is -0.137. The first-order valence-electron chi connectivity index (χ1n) is 11.5. The fraction of sp³-hybridized carbons (Fsp3) is 0.333. The predicted molar refractivity (Wildman–Crippen MR) is 140 cm³/mol. The summed E-state index contributed by atoms with van der Waals surface area (Å²) in [7, 11) is 1.59. The highest BCUT2D eigenvalue weighted by molar-refractivity contribution is 7.99. The van der Waals surface area contributed by atoms with E-state index in [2.05, 4.69) is 15.3 Å². The van der Waals surface area contributed by atoms with E-state index in [9.17, 15) is 9.59 Å². The summed E-state index contributed by atoms with van der Waals surface area (Å²) in [5.74, 6) is 0.471. The number of ether oxygens (including phenoxy) is 1. The van der Waals surface area contributed by atoms with Crippen LogP contribution in [0.1, 0.15) is 35.9 Å². The van der Waals surface area contributed by atoms with E-state index in [1.807, 2.05) is 58.0 Å². The van der Waals surface area contributed by atoms with Gasteiger partial charge in [-0.1, -0.05) is 48.5 Å². The summed E-state index contributed by atoms with van der Waals surface area (Å²) in [6, 6.07) is 16.4. The Bertz CT molecular complexity index is 1130. The maximum atomic E-state index is 13.5. The van der Waals surface area contributed by atoms with Gasteiger partial charge in [0.1, 0.15) is 11.8 Å². The maximum Gasteiger partial charge on any atom is 0.247 e. The van der Waals surface area contributed by atoms with Gasteiger partial charge >= 0.3 is 0 Å². The zero-order chi connectivity index (χ0) is 25.4. The average Bonchev–Trinajstić information content (AvgIpc) is 2.83. The predicted octanol–water partition coefficient (Wildman–Crippen LogP) is 4.95. The molecular weight excluding hydrogens is 460 g/mol. The van der Waals surface area contributed by atoms with Gasteiger partial charge in [0.05, 0.1) is 12.9 Å². The summed E-state index contributed by atoms with van der Waals surface area (Å²) in [6.07, 6.45) is 0.476. The van der Waals surface area contributed by atoms with E-state index in [1.165, 1.54) is 11.8 Å². The lowest BCUT2D eigenvalue weighted by atomic mass is 10.1. The second-order valence-electron chi connectivity index (χ2n) is 8.37. The van der Waals surface area contributed by atoms with Crippen LogP contribution in [0.3, 0.4) is 0 Å². The highest BCUT2D eigenvalue weighted by atomic mass is 32.2. The van der Waals surface area contributed by atoms with Gasteiger partial charge in [0.15, 0.2) is 5.16 Å². The number of rotatable bonds is 10. The number of hydrogen-bond acceptors (Lipinski definition) is 6. The highest BCUT2D eigenvalue weighted by Gasteiger charge is 2.29. The number of nitrogens with zero attached hydrogens (tertiary/aromatic N) is 3. The topological polar surface area (TPSA) is 84.4 Å². The van der Waals surface area contributed by atoms with Crippen molar-refractivity contribution in [1.82, 2.24) is 14.9 Å². The minimum absolute atomic E-state index is 0.140. The first kappa shape index (κ1) is 26.2. The standard InChI is InChI=1S/C27H32N4O3S/c1-6-24(26(33)30-22-11-13-23(34-5)14-12-22)31(16-21-9-7-18(2)8-10-21)25(32)17-35-27-28-19(3)15-20(4)29-27/h7-15,24H,6,16-17H2,1-5H3,(H,30,33). The molecule has 1 atom stereocenters. The van der Waals surface area contributed by atoms with Crippen molar-refractivity contribution in [2.24, 2.45) is 0 Å². The second-order valence-corrected chi connectivity index (χ2v) is 9.31. The summed E-state index contributed by atoms with van der Waals surface area (Å²) in [4.78, 5) is 37.2. The molecule has 0 radical (unpaired) electrons. The van der Waals surface area contributed by atoms with Crippen molar-refractivity contribution in [3.63, 3.8) is 0 Å². The summed E-state index contributed by atoms with van der Waals surface area (Å²) < 4.78 is 5.19. The largest absolute Gasteiger partial charge is 0.497 e. The van der Waals surface area contributed by atoms with Crippen LogP contribution < -0.4 is 10.1 Å². The van der Waals surface area contributed by atoms with Crippen LogP contribution in [0.25, 0.3) is 0 Å². The fourth-order valence-corrected chi connectivity index (χ4v) is 4.51. The molecule has 35 heavy (non-hydrogen) atoms. The van der Waals surface area contributed by atoms with Crippen molar-refractivity contribution in [1.29, 1.82) is 0 Å². The monoisotopic (exact) mass is 492 g/mol. The van der Waals surface area contributed by atoms with Crippen molar-refractivity contribution in [3.8, 4) is 5.75 Å². The molecule has 1 heterocycles. The van der Waals surface area contributed by atoms with Gasteiger partial charge in [-0.25, -0.2) is 9.97 Å². The van der Waals surface area contributed by atoms with Gasteiger partial charge in [-0.05, 0) is 63.1 Å². The van der Waals surface area contributed by atoms with E-state index in [0.29, 0.717) is 29.6 Å². The number of thioether (sulfide) groups is 1. The molecule has 0 saturated heterocycles. The molecule has 0 bridgehead atoms. The first-order chi connectivity index (χ1) is 16.8. The molecule has 1 aromatic heterocycles. The van der Waals surface area contributed by atoms with Crippen LogP contribution >= 0.6 is 11.8 Å². The maximum absolute atomic E-state index is 13.5. The number of methoxy groups -OCH3 is 1. The van der Waals surface area contributed by atoms with Gasteiger partial charge in [-0.2, -0.15) is 0 Å². The molecule has 0 spiro atoms. The molecule has 3 rings (SSSR count). The Kier molecular flexibility index (Phi) is 9.25. The third-order valence-corrected chi connectivity index (χ3v) is 6.34.